The van der Waals surface area contributed by atoms with Gasteiger partial charge in [-0.3, -0.25) is 0 Å². The Hall–Kier alpha value is 0.290. The van der Waals surface area contributed by atoms with Crippen LogP contribution in [-0.2, 0) is 0 Å². The lowest BCUT2D eigenvalue weighted by molar-refractivity contribution is 0.417. The van der Waals surface area contributed by atoms with E-state index in [1.165, 1.54) is 12.8 Å². The first-order valence-electron chi connectivity index (χ1n) is 5.52. The third-order valence-electron chi connectivity index (χ3n) is 2.49. The fourth-order valence-electron chi connectivity index (χ4n) is 1.30. The van der Waals surface area contributed by atoms with E-state index in [4.69, 9.17) is 11.6 Å². The second kappa shape index (κ2) is 5.90. The predicted octanol–water partition coefficient (Wildman–Crippen LogP) is 4.86. The number of hydrogen-bond donors (Lipinski definition) is 0. The first-order valence-corrected chi connectivity index (χ1v) is 5.90. The normalized spacial score (nSPS) is 12.9. The van der Waals surface area contributed by atoms with Crippen molar-refractivity contribution in [2.24, 2.45) is 11.8 Å². The molecule has 0 atom stereocenters. The molecule has 0 aliphatic heterocycles. The van der Waals surface area contributed by atoms with Gasteiger partial charge in [-0.2, -0.15) is 0 Å². The second-order valence-electron chi connectivity index (χ2n) is 5.28. The Morgan fingerprint density at radius 3 is 1.46 bits per heavy atom. The molecular formula is C12H25Cl. The molecule has 0 aromatic rings. The molecule has 0 spiro atoms. The lowest BCUT2D eigenvalue weighted by Gasteiger charge is -2.23. The van der Waals surface area contributed by atoms with Crippen molar-refractivity contribution in [3.8, 4) is 0 Å². The summed E-state index contributed by atoms with van der Waals surface area (Å²) < 4.78 is 0. The molecule has 0 saturated heterocycles. The van der Waals surface area contributed by atoms with Crippen LogP contribution in [0.4, 0.5) is 0 Å². The Morgan fingerprint density at radius 1 is 0.923 bits per heavy atom. The summed E-state index contributed by atoms with van der Waals surface area (Å²) in [5.74, 6) is 1.55. The van der Waals surface area contributed by atoms with Crippen LogP contribution in [0.3, 0.4) is 0 Å². The van der Waals surface area contributed by atoms with E-state index in [1.54, 1.807) is 0 Å². The SMILES string of the molecule is CC(C)CCC(C)(Cl)CCC(C)C. The molecule has 13 heavy (non-hydrogen) atoms. The summed E-state index contributed by atoms with van der Waals surface area (Å²) in [6.07, 6.45) is 4.80. The zero-order chi connectivity index (χ0) is 10.5. The molecule has 0 amide bonds. The first-order chi connectivity index (χ1) is 5.83. The highest BCUT2D eigenvalue weighted by molar-refractivity contribution is 6.23. The van der Waals surface area contributed by atoms with E-state index in [9.17, 15) is 0 Å². The second-order valence-corrected chi connectivity index (χ2v) is 6.19. The molecule has 0 saturated carbocycles. The lowest BCUT2D eigenvalue weighted by atomic mass is 9.92. The number of hydrogen-bond acceptors (Lipinski definition) is 0. The van der Waals surface area contributed by atoms with E-state index in [-0.39, 0.29) is 4.87 Å². The summed E-state index contributed by atoms with van der Waals surface area (Å²) in [6.45, 7) is 11.2. The van der Waals surface area contributed by atoms with Crippen molar-refractivity contribution in [2.45, 2.75) is 65.2 Å². The maximum absolute atomic E-state index is 6.42. The number of rotatable bonds is 6. The molecule has 0 aromatic carbocycles. The molecular weight excluding hydrogens is 180 g/mol. The topological polar surface area (TPSA) is 0 Å². The van der Waals surface area contributed by atoms with E-state index in [0.29, 0.717) is 0 Å². The van der Waals surface area contributed by atoms with Gasteiger partial charge < -0.3 is 0 Å². The Balaban J connectivity index is 3.66. The van der Waals surface area contributed by atoms with Crippen LogP contribution in [-0.4, -0.2) is 4.87 Å². The van der Waals surface area contributed by atoms with Crippen molar-refractivity contribution >= 4 is 11.6 Å². The van der Waals surface area contributed by atoms with Gasteiger partial charge in [0.05, 0.1) is 0 Å². The Bertz CT molecular complexity index is 111. The maximum atomic E-state index is 6.42. The molecule has 0 unspecified atom stereocenters. The van der Waals surface area contributed by atoms with Crippen LogP contribution in [0.5, 0.6) is 0 Å². The number of alkyl halides is 1. The van der Waals surface area contributed by atoms with Gasteiger partial charge in [0.15, 0.2) is 0 Å². The molecule has 0 rings (SSSR count). The summed E-state index contributed by atoms with van der Waals surface area (Å²) in [5.41, 5.74) is 0. The highest BCUT2D eigenvalue weighted by Crippen LogP contribution is 2.29. The summed E-state index contributed by atoms with van der Waals surface area (Å²) in [6, 6.07) is 0. The molecule has 0 aromatic heterocycles. The lowest BCUT2D eigenvalue weighted by Crippen LogP contribution is -2.17. The van der Waals surface area contributed by atoms with Crippen LogP contribution in [0.2, 0.25) is 0 Å². The summed E-state index contributed by atoms with van der Waals surface area (Å²) in [7, 11) is 0. The maximum Gasteiger partial charge on any atom is 0.0419 e. The van der Waals surface area contributed by atoms with Crippen LogP contribution in [0, 0.1) is 11.8 Å². The van der Waals surface area contributed by atoms with Crippen molar-refractivity contribution in [2.75, 3.05) is 0 Å². The fourth-order valence-corrected chi connectivity index (χ4v) is 1.52. The van der Waals surface area contributed by atoms with Gasteiger partial charge in [-0.05, 0) is 44.4 Å². The monoisotopic (exact) mass is 204 g/mol. The van der Waals surface area contributed by atoms with E-state index in [0.717, 1.165) is 24.7 Å². The fraction of sp³-hybridized carbons (Fsp3) is 1.00. The minimum Gasteiger partial charge on any atom is -0.120 e. The minimum atomic E-state index is 0.0363. The summed E-state index contributed by atoms with van der Waals surface area (Å²) in [5, 5.41) is 0. The van der Waals surface area contributed by atoms with Gasteiger partial charge in [0.25, 0.3) is 0 Å². The van der Waals surface area contributed by atoms with Gasteiger partial charge in [-0.25, -0.2) is 0 Å². The molecule has 0 bridgehead atoms. The molecule has 0 nitrogen and oxygen atoms in total. The van der Waals surface area contributed by atoms with Crippen LogP contribution in [0.1, 0.15) is 60.3 Å². The average molecular weight is 205 g/mol. The predicted molar refractivity (Wildman–Crippen MR) is 62.4 cm³/mol. The van der Waals surface area contributed by atoms with E-state index < -0.39 is 0 Å². The van der Waals surface area contributed by atoms with Crippen LogP contribution in [0.15, 0.2) is 0 Å². The minimum absolute atomic E-state index is 0.0363. The third-order valence-corrected chi connectivity index (χ3v) is 2.86. The molecule has 80 valence electrons. The zero-order valence-electron chi connectivity index (χ0n) is 9.86. The highest BCUT2D eigenvalue weighted by atomic mass is 35.5. The smallest absolute Gasteiger partial charge is 0.0419 e. The number of halogens is 1. The van der Waals surface area contributed by atoms with Crippen molar-refractivity contribution in [1.82, 2.24) is 0 Å². The molecule has 0 aliphatic rings. The van der Waals surface area contributed by atoms with Gasteiger partial charge in [-0.15, -0.1) is 11.6 Å². The van der Waals surface area contributed by atoms with Crippen LogP contribution < -0.4 is 0 Å². The van der Waals surface area contributed by atoms with Crippen molar-refractivity contribution in [3.05, 3.63) is 0 Å². The van der Waals surface area contributed by atoms with Gasteiger partial charge >= 0.3 is 0 Å². The molecule has 0 N–H and O–H groups in total. The van der Waals surface area contributed by atoms with Crippen LogP contribution in [0.25, 0.3) is 0 Å². The molecule has 0 heterocycles. The summed E-state index contributed by atoms with van der Waals surface area (Å²) in [4.78, 5) is 0.0363. The standard InChI is InChI=1S/C12H25Cl/c1-10(2)6-8-12(5,13)9-7-11(3)4/h10-11H,6-9H2,1-5H3. The van der Waals surface area contributed by atoms with E-state index in [1.807, 2.05) is 0 Å². The third kappa shape index (κ3) is 8.62. The van der Waals surface area contributed by atoms with Gasteiger partial charge in [-0.1, -0.05) is 27.7 Å². The van der Waals surface area contributed by atoms with E-state index in [2.05, 4.69) is 34.6 Å². The largest absolute Gasteiger partial charge is 0.120 e. The Morgan fingerprint density at radius 2 is 1.23 bits per heavy atom. The molecule has 0 fully saturated rings. The van der Waals surface area contributed by atoms with E-state index >= 15 is 0 Å². The summed E-state index contributed by atoms with van der Waals surface area (Å²) >= 11 is 6.42. The van der Waals surface area contributed by atoms with Crippen molar-refractivity contribution < 1.29 is 0 Å². The molecule has 1 heteroatoms. The average Bonchev–Trinajstić information content (AvgIpc) is 1.98. The van der Waals surface area contributed by atoms with Gasteiger partial charge in [0, 0.05) is 4.87 Å². The molecule has 0 radical (unpaired) electrons. The van der Waals surface area contributed by atoms with Crippen molar-refractivity contribution in [1.29, 1.82) is 0 Å². The quantitative estimate of drug-likeness (QED) is 0.543. The Kier molecular flexibility index (Phi) is 6.04. The first kappa shape index (κ1) is 13.3. The highest BCUT2D eigenvalue weighted by Gasteiger charge is 2.20. The zero-order valence-corrected chi connectivity index (χ0v) is 10.6. The van der Waals surface area contributed by atoms with Gasteiger partial charge in [0.2, 0.25) is 0 Å². The Labute approximate surface area is 89.1 Å². The van der Waals surface area contributed by atoms with Crippen LogP contribution >= 0.6 is 11.6 Å². The molecule has 0 aliphatic carbocycles. The van der Waals surface area contributed by atoms with Gasteiger partial charge in [0.1, 0.15) is 0 Å². The van der Waals surface area contributed by atoms with Crippen molar-refractivity contribution in [3.63, 3.8) is 0 Å².